The molecule has 1 amide bonds. The summed E-state index contributed by atoms with van der Waals surface area (Å²) in [7, 11) is -3.59. The van der Waals surface area contributed by atoms with Crippen molar-refractivity contribution in [3.05, 3.63) is 71.9 Å². The second-order valence-corrected chi connectivity index (χ2v) is 8.43. The highest BCUT2D eigenvalue weighted by atomic mass is 32.2. The van der Waals surface area contributed by atoms with Gasteiger partial charge in [-0.25, -0.2) is 8.42 Å². The Morgan fingerprint density at radius 3 is 2.43 bits per heavy atom. The van der Waals surface area contributed by atoms with Crippen molar-refractivity contribution in [1.29, 1.82) is 0 Å². The first-order chi connectivity index (χ1) is 13.3. The normalized spacial score (nSPS) is 11.2. The standard InChI is InChI=1S/C20H22N4O3S/c1-15-8-10-18(11-9-15)24(28(2,26)27)14-20(25)21-13-17-12-19(23-22-17)16-6-4-3-5-7-16/h3-12H,13-14H2,1-2H3,(H,21,25)(H,22,23). The zero-order chi connectivity index (χ0) is 20.1. The summed E-state index contributed by atoms with van der Waals surface area (Å²) >= 11 is 0. The van der Waals surface area contributed by atoms with E-state index in [2.05, 4.69) is 15.5 Å². The maximum absolute atomic E-state index is 12.3. The smallest absolute Gasteiger partial charge is 0.241 e. The number of hydrogen-bond acceptors (Lipinski definition) is 4. The number of aromatic nitrogens is 2. The molecule has 3 rings (SSSR count). The Morgan fingerprint density at radius 1 is 1.11 bits per heavy atom. The second kappa shape index (κ2) is 8.26. The van der Waals surface area contributed by atoms with Gasteiger partial charge in [0.15, 0.2) is 0 Å². The fraction of sp³-hybridized carbons (Fsp3) is 0.200. The Kier molecular flexibility index (Phi) is 5.79. The van der Waals surface area contributed by atoms with Gasteiger partial charge < -0.3 is 5.32 Å². The van der Waals surface area contributed by atoms with Gasteiger partial charge in [0.25, 0.3) is 0 Å². The Balaban J connectivity index is 1.64. The zero-order valence-electron chi connectivity index (χ0n) is 15.7. The number of aryl methyl sites for hydroxylation is 1. The molecule has 146 valence electrons. The van der Waals surface area contributed by atoms with Gasteiger partial charge in [0.05, 0.1) is 29.9 Å². The van der Waals surface area contributed by atoms with Crippen LogP contribution in [0.4, 0.5) is 5.69 Å². The van der Waals surface area contributed by atoms with Crippen molar-refractivity contribution < 1.29 is 13.2 Å². The molecule has 0 saturated heterocycles. The third-order valence-corrected chi connectivity index (χ3v) is 5.33. The minimum Gasteiger partial charge on any atom is -0.349 e. The summed E-state index contributed by atoms with van der Waals surface area (Å²) in [5, 5.41) is 9.85. The molecule has 28 heavy (non-hydrogen) atoms. The van der Waals surface area contributed by atoms with Crippen LogP contribution >= 0.6 is 0 Å². The zero-order valence-corrected chi connectivity index (χ0v) is 16.5. The van der Waals surface area contributed by atoms with Crippen molar-refractivity contribution in [1.82, 2.24) is 15.5 Å². The van der Waals surface area contributed by atoms with Crippen LogP contribution < -0.4 is 9.62 Å². The fourth-order valence-corrected chi connectivity index (χ4v) is 3.56. The van der Waals surface area contributed by atoms with Crippen LogP contribution in [0.15, 0.2) is 60.7 Å². The molecule has 1 aromatic heterocycles. The van der Waals surface area contributed by atoms with Gasteiger partial charge in [0.1, 0.15) is 6.54 Å². The lowest BCUT2D eigenvalue weighted by Gasteiger charge is -2.22. The molecule has 1 heterocycles. The van der Waals surface area contributed by atoms with E-state index in [1.54, 1.807) is 24.3 Å². The summed E-state index contributed by atoms with van der Waals surface area (Å²) in [6.07, 6.45) is 1.08. The summed E-state index contributed by atoms with van der Waals surface area (Å²) in [6.45, 7) is 1.85. The molecule has 0 bridgehead atoms. The molecule has 0 saturated carbocycles. The average Bonchev–Trinajstić information content (AvgIpc) is 3.14. The Labute approximate surface area is 164 Å². The van der Waals surface area contributed by atoms with Crippen molar-refractivity contribution in [3.63, 3.8) is 0 Å². The highest BCUT2D eigenvalue weighted by molar-refractivity contribution is 7.92. The minimum absolute atomic E-state index is 0.226. The number of aromatic amines is 1. The number of nitrogens with one attached hydrogen (secondary N) is 2. The van der Waals surface area contributed by atoms with Crippen LogP contribution in [-0.2, 0) is 21.4 Å². The van der Waals surface area contributed by atoms with Gasteiger partial charge in [-0.1, -0.05) is 48.0 Å². The predicted octanol–water partition coefficient (Wildman–Crippen LogP) is 2.47. The van der Waals surface area contributed by atoms with Crippen LogP contribution in [0.25, 0.3) is 11.3 Å². The highest BCUT2D eigenvalue weighted by Gasteiger charge is 2.20. The number of amides is 1. The van der Waals surface area contributed by atoms with Crippen LogP contribution in [0, 0.1) is 6.92 Å². The number of anilines is 1. The van der Waals surface area contributed by atoms with Crippen molar-refractivity contribution in [2.75, 3.05) is 17.1 Å². The third kappa shape index (κ3) is 4.98. The monoisotopic (exact) mass is 398 g/mol. The van der Waals surface area contributed by atoms with E-state index < -0.39 is 15.9 Å². The average molecular weight is 398 g/mol. The number of nitrogens with zero attached hydrogens (tertiary/aromatic N) is 2. The largest absolute Gasteiger partial charge is 0.349 e. The van der Waals surface area contributed by atoms with E-state index >= 15 is 0 Å². The summed E-state index contributed by atoms with van der Waals surface area (Å²) in [4.78, 5) is 12.3. The first-order valence-electron chi connectivity index (χ1n) is 8.74. The molecule has 2 N–H and O–H groups in total. The third-order valence-electron chi connectivity index (χ3n) is 4.19. The second-order valence-electron chi connectivity index (χ2n) is 6.53. The van der Waals surface area contributed by atoms with Crippen molar-refractivity contribution >= 4 is 21.6 Å². The number of sulfonamides is 1. The fourth-order valence-electron chi connectivity index (χ4n) is 2.70. The van der Waals surface area contributed by atoms with E-state index in [-0.39, 0.29) is 13.1 Å². The number of H-pyrrole nitrogens is 1. The van der Waals surface area contributed by atoms with E-state index in [4.69, 9.17) is 0 Å². The summed E-state index contributed by atoms with van der Waals surface area (Å²) in [6, 6.07) is 18.5. The van der Waals surface area contributed by atoms with Crippen LogP contribution in [0.3, 0.4) is 0 Å². The number of carbonyl (C=O) groups excluding carboxylic acids is 1. The molecule has 0 aliphatic heterocycles. The molecule has 0 atom stereocenters. The van der Waals surface area contributed by atoms with E-state index in [1.165, 1.54) is 0 Å². The predicted molar refractivity (Wildman–Crippen MR) is 109 cm³/mol. The Hall–Kier alpha value is -3.13. The topological polar surface area (TPSA) is 95.2 Å². The minimum atomic E-state index is -3.59. The van der Waals surface area contributed by atoms with E-state index in [0.29, 0.717) is 5.69 Å². The van der Waals surface area contributed by atoms with Crippen LogP contribution in [0.5, 0.6) is 0 Å². The summed E-state index contributed by atoms with van der Waals surface area (Å²) < 4.78 is 25.3. The van der Waals surface area contributed by atoms with Crippen molar-refractivity contribution in [2.45, 2.75) is 13.5 Å². The summed E-state index contributed by atoms with van der Waals surface area (Å²) in [5.74, 6) is -0.401. The van der Waals surface area contributed by atoms with E-state index in [9.17, 15) is 13.2 Å². The Morgan fingerprint density at radius 2 is 1.79 bits per heavy atom. The maximum Gasteiger partial charge on any atom is 0.241 e. The van der Waals surface area contributed by atoms with Gasteiger partial charge in [0.2, 0.25) is 15.9 Å². The molecular formula is C20H22N4O3S. The number of hydrogen-bond donors (Lipinski definition) is 2. The molecule has 0 spiro atoms. The molecule has 0 aliphatic rings. The van der Waals surface area contributed by atoms with Gasteiger partial charge in [-0.05, 0) is 25.1 Å². The lowest BCUT2D eigenvalue weighted by Crippen LogP contribution is -2.40. The van der Waals surface area contributed by atoms with Crippen LogP contribution in [0.2, 0.25) is 0 Å². The first-order valence-corrected chi connectivity index (χ1v) is 10.6. The molecule has 0 radical (unpaired) electrons. The SMILES string of the molecule is Cc1ccc(N(CC(=O)NCc2cc(-c3ccccc3)n[nH]2)S(C)(=O)=O)cc1. The van der Waals surface area contributed by atoms with Gasteiger partial charge in [-0.2, -0.15) is 5.10 Å². The summed E-state index contributed by atoms with van der Waals surface area (Å²) in [5.41, 5.74) is 3.95. The lowest BCUT2D eigenvalue weighted by atomic mass is 10.1. The van der Waals surface area contributed by atoms with Gasteiger partial charge in [0, 0.05) is 5.56 Å². The first kappa shape index (κ1) is 19.6. The van der Waals surface area contributed by atoms with E-state index in [1.807, 2.05) is 43.3 Å². The molecule has 7 nitrogen and oxygen atoms in total. The van der Waals surface area contributed by atoms with Gasteiger partial charge in [-0.3, -0.25) is 14.2 Å². The van der Waals surface area contributed by atoms with E-state index in [0.717, 1.165) is 33.1 Å². The van der Waals surface area contributed by atoms with Gasteiger partial charge in [-0.15, -0.1) is 0 Å². The van der Waals surface area contributed by atoms with Crippen LogP contribution in [-0.4, -0.2) is 37.3 Å². The van der Waals surface area contributed by atoms with Crippen LogP contribution in [0.1, 0.15) is 11.3 Å². The molecule has 0 fully saturated rings. The molecule has 3 aromatic rings. The van der Waals surface area contributed by atoms with Crippen molar-refractivity contribution in [2.24, 2.45) is 0 Å². The van der Waals surface area contributed by atoms with Crippen molar-refractivity contribution in [3.8, 4) is 11.3 Å². The molecule has 0 aliphatic carbocycles. The maximum atomic E-state index is 12.3. The number of carbonyl (C=O) groups is 1. The number of benzene rings is 2. The Bertz CT molecular complexity index is 1040. The molecular weight excluding hydrogens is 376 g/mol. The highest BCUT2D eigenvalue weighted by Crippen LogP contribution is 2.18. The molecule has 0 unspecified atom stereocenters. The number of rotatable bonds is 7. The molecule has 8 heteroatoms. The quantitative estimate of drug-likeness (QED) is 0.639. The molecule has 2 aromatic carbocycles. The lowest BCUT2D eigenvalue weighted by molar-refractivity contribution is -0.119. The van der Waals surface area contributed by atoms with Gasteiger partial charge >= 0.3 is 0 Å².